The summed E-state index contributed by atoms with van der Waals surface area (Å²) in [6.45, 7) is 6.86. The Morgan fingerprint density at radius 1 is 1.19 bits per heavy atom. The molecule has 16 heavy (non-hydrogen) atoms. The normalized spacial score (nSPS) is 33.8. The summed E-state index contributed by atoms with van der Waals surface area (Å²) in [5, 5.41) is 0. The van der Waals surface area contributed by atoms with Crippen molar-refractivity contribution in [2.45, 2.75) is 39.2 Å². The van der Waals surface area contributed by atoms with E-state index in [1.807, 2.05) is 0 Å². The number of rotatable bonds is 3. The Balaban J connectivity index is 2.24. The van der Waals surface area contributed by atoms with Crippen LogP contribution in [0.1, 0.15) is 38.7 Å². The van der Waals surface area contributed by atoms with Gasteiger partial charge < -0.3 is 5.73 Å². The van der Waals surface area contributed by atoms with Gasteiger partial charge in [0.15, 0.2) is 0 Å². The van der Waals surface area contributed by atoms with Crippen molar-refractivity contribution in [3.63, 3.8) is 0 Å². The summed E-state index contributed by atoms with van der Waals surface area (Å²) < 4.78 is 0. The predicted molar refractivity (Wildman–Crippen MR) is 69.3 cm³/mol. The van der Waals surface area contributed by atoms with Gasteiger partial charge >= 0.3 is 0 Å². The van der Waals surface area contributed by atoms with Gasteiger partial charge in [-0.1, -0.05) is 57.5 Å². The molecule has 0 aromatic heterocycles. The summed E-state index contributed by atoms with van der Waals surface area (Å²) in [6, 6.07) is 11.3. The number of hydrogen-bond acceptors (Lipinski definition) is 1. The third-order valence-corrected chi connectivity index (χ3v) is 4.24. The van der Waals surface area contributed by atoms with E-state index in [0.29, 0.717) is 29.7 Å². The van der Waals surface area contributed by atoms with Crippen molar-refractivity contribution in [3.05, 3.63) is 35.9 Å². The Morgan fingerprint density at radius 3 is 2.31 bits per heavy atom. The molecule has 1 aromatic rings. The lowest BCUT2D eigenvalue weighted by Gasteiger charge is -2.53. The second kappa shape index (κ2) is 4.58. The van der Waals surface area contributed by atoms with Gasteiger partial charge in [-0.05, 0) is 29.2 Å². The number of nitrogens with two attached hydrogens (primary N) is 1. The molecular formula is C15H23N. The molecule has 0 saturated heterocycles. The van der Waals surface area contributed by atoms with Gasteiger partial charge in [0.1, 0.15) is 0 Å². The molecule has 4 atom stereocenters. The van der Waals surface area contributed by atoms with Crippen LogP contribution in [0, 0.1) is 17.8 Å². The molecule has 1 aliphatic rings. The van der Waals surface area contributed by atoms with Crippen LogP contribution in [0.4, 0.5) is 0 Å². The SMILES string of the molecule is CCC1C(N)C(C(C)C)C1c1ccccc1. The highest BCUT2D eigenvalue weighted by Crippen LogP contribution is 2.51. The third-order valence-electron chi connectivity index (χ3n) is 4.24. The van der Waals surface area contributed by atoms with Crippen molar-refractivity contribution in [2.24, 2.45) is 23.5 Å². The van der Waals surface area contributed by atoms with Crippen LogP contribution in [0.3, 0.4) is 0 Å². The monoisotopic (exact) mass is 217 g/mol. The minimum absolute atomic E-state index is 0.398. The maximum Gasteiger partial charge on any atom is 0.0110 e. The Morgan fingerprint density at radius 2 is 1.81 bits per heavy atom. The summed E-state index contributed by atoms with van der Waals surface area (Å²) in [4.78, 5) is 0. The summed E-state index contributed by atoms with van der Waals surface area (Å²) in [5.74, 6) is 2.70. The maximum atomic E-state index is 6.31. The Bertz CT molecular complexity index is 331. The van der Waals surface area contributed by atoms with Gasteiger partial charge in [0, 0.05) is 6.04 Å². The molecule has 1 aromatic carbocycles. The van der Waals surface area contributed by atoms with E-state index >= 15 is 0 Å². The minimum atomic E-state index is 0.398. The topological polar surface area (TPSA) is 26.0 Å². The van der Waals surface area contributed by atoms with Gasteiger partial charge in [-0.2, -0.15) is 0 Å². The van der Waals surface area contributed by atoms with E-state index in [2.05, 4.69) is 51.1 Å². The summed E-state index contributed by atoms with van der Waals surface area (Å²) >= 11 is 0. The average molecular weight is 217 g/mol. The van der Waals surface area contributed by atoms with Gasteiger partial charge in [-0.3, -0.25) is 0 Å². The van der Waals surface area contributed by atoms with E-state index in [1.54, 1.807) is 0 Å². The van der Waals surface area contributed by atoms with Crippen LogP contribution >= 0.6 is 0 Å². The fourth-order valence-electron chi connectivity index (χ4n) is 3.43. The van der Waals surface area contributed by atoms with Crippen molar-refractivity contribution >= 4 is 0 Å². The summed E-state index contributed by atoms with van der Waals surface area (Å²) in [6.07, 6.45) is 1.20. The second-order valence-corrected chi connectivity index (χ2v) is 5.41. The van der Waals surface area contributed by atoms with Crippen LogP contribution in [-0.2, 0) is 0 Å². The molecule has 2 N–H and O–H groups in total. The van der Waals surface area contributed by atoms with Crippen LogP contribution in [-0.4, -0.2) is 6.04 Å². The van der Waals surface area contributed by atoms with Crippen molar-refractivity contribution in [1.29, 1.82) is 0 Å². The van der Waals surface area contributed by atoms with E-state index in [1.165, 1.54) is 12.0 Å². The first-order valence-electron chi connectivity index (χ1n) is 6.47. The molecule has 1 nitrogen and oxygen atoms in total. The molecule has 0 bridgehead atoms. The number of hydrogen-bond donors (Lipinski definition) is 1. The lowest BCUT2D eigenvalue weighted by molar-refractivity contribution is 0.0560. The lowest BCUT2D eigenvalue weighted by Crippen LogP contribution is -2.56. The first-order valence-corrected chi connectivity index (χ1v) is 6.47. The van der Waals surface area contributed by atoms with Crippen LogP contribution in [0.25, 0.3) is 0 Å². The van der Waals surface area contributed by atoms with E-state index in [0.717, 1.165) is 0 Å². The van der Waals surface area contributed by atoms with Crippen molar-refractivity contribution < 1.29 is 0 Å². The quantitative estimate of drug-likeness (QED) is 0.825. The third kappa shape index (κ3) is 1.78. The van der Waals surface area contributed by atoms with E-state index in [9.17, 15) is 0 Å². The molecule has 0 aliphatic heterocycles. The second-order valence-electron chi connectivity index (χ2n) is 5.41. The molecule has 0 radical (unpaired) electrons. The van der Waals surface area contributed by atoms with Gasteiger partial charge in [-0.15, -0.1) is 0 Å². The zero-order valence-corrected chi connectivity index (χ0v) is 10.6. The highest BCUT2D eigenvalue weighted by molar-refractivity contribution is 5.27. The summed E-state index contributed by atoms with van der Waals surface area (Å²) in [5.41, 5.74) is 7.79. The van der Waals surface area contributed by atoms with E-state index in [-0.39, 0.29) is 0 Å². The Labute approximate surface area is 99.0 Å². The van der Waals surface area contributed by atoms with E-state index < -0.39 is 0 Å². The molecule has 88 valence electrons. The maximum absolute atomic E-state index is 6.31. The van der Waals surface area contributed by atoms with Crippen molar-refractivity contribution in [1.82, 2.24) is 0 Å². The van der Waals surface area contributed by atoms with Crippen molar-refractivity contribution in [2.75, 3.05) is 0 Å². The van der Waals surface area contributed by atoms with Crippen molar-refractivity contribution in [3.8, 4) is 0 Å². The average Bonchev–Trinajstić information content (AvgIpc) is 2.27. The minimum Gasteiger partial charge on any atom is -0.327 e. The fourth-order valence-corrected chi connectivity index (χ4v) is 3.43. The molecule has 1 saturated carbocycles. The van der Waals surface area contributed by atoms with Gasteiger partial charge in [0.25, 0.3) is 0 Å². The van der Waals surface area contributed by atoms with Gasteiger partial charge in [-0.25, -0.2) is 0 Å². The molecule has 0 heterocycles. The highest BCUT2D eigenvalue weighted by atomic mass is 14.8. The zero-order chi connectivity index (χ0) is 11.7. The van der Waals surface area contributed by atoms with Gasteiger partial charge in [0.2, 0.25) is 0 Å². The summed E-state index contributed by atoms with van der Waals surface area (Å²) in [7, 11) is 0. The fraction of sp³-hybridized carbons (Fsp3) is 0.600. The molecule has 0 spiro atoms. The largest absolute Gasteiger partial charge is 0.327 e. The first kappa shape index (κ1) is 11.7. The Hall–Kier alpha value is -0.820. The highest BCUT2D eigenvalue weighted by Gasteiger charge is 2.48. The smallest absolute Gasteiger partial charge is 0.0110 e. The van der Waals surface area contributed by atoms with Crippen LogP contribution in [0.2, 0.25) is 0 Å². The molecule has 1 heteroatoms. The number of benzene rings is 1. The molecule has 0 amide bonds. The van der Waals surface area contributed by atoms with Crippen LogP contribution < -0.4 is 5.73 Å². The van der Waals surface area contributed by atoms with Crippen LogP contribution in [0.15, 0.2) is 30.3 Å². The standard InChI is InChI=1S/C15H23N/c1-4-12-14(11-8-6-5-7-9-11)13(10(2)3)15(12)16/h5-10,12-15H,4,16H2,1-3H3. The van der Waals surface area contributed by atoms with Crippen LogP contribution in [0.5, 0.6) is 0 Å². The van der Waals surface area contributed by atoms with E-state index in [4.69, 9.17) is 5.73 Å². The first-order chi connectivity index (χ1) is 7.66. The zero-order valence-electron chi connectivity index (χ0n) is 10.6. The molecular weight excluding hydrogens is 194 g/mol. The Kier molecular flexibility index (Phi) is 3.34. The predicted octanol–water partition coefficient (Wildman–Crippen LogP) is 3.41. The molecule has 1 aliphatic carbocycles. The lowest BCUT2D eigenvalue weighted by atomic mass is 9.54. The molecule has 4 unspecified atom stereocenters. The molecule has 2 rings (SSSR count). The molecule has 1 fully saturated rings. The van der Waals surface area contributed by atoms with Gasteiger partial charge in [0.05, 0.1) is 0 Å².